The van der Waals surface area contributed by atoms with Crippen LogP contribution in [0.1, 0.15) is 17.5 Å². The molecule has 0 unspecified atom stereocenters. The lowest BCUT2D eigenvalue weighted by Gasteiger charge is -2.28. The summed E-state index contributed by atoms with van der Waals surface area (Å²) in [4.78, 5) is 40.4. The summed E-state index contributed by atoms with van der Waals surface area (Å²) in [7, 11) is 0. The Labute approximate surface area is 196 Å². The topological polar surface area (TPSA) is 97.0 Å². The molecule has 8 heteroatoms. The number of carbonyl (C=O) groups is 3. The smallest absolute Gasteiger partial charge is 0.326 e. The lowest BCUT2D eigenvalue weighted by molar-refractivity contribution is -0.133. The Hall–Kier alpha value is -4.33. The fraction of sp³-hybridized carbons (Fsp3) is 0.192. The summed E-state index contributed by atoms with van der Waals surface area (Å²) in [6, 6.07) is 22.5. The van der Waals surface area contributed by atoms with Gasteiger partial charge < -0.3 is 20.1 Å². The van der Waals surface area contributed by atoms with E-state index >= 15 is 0 Å². The molecule has 34 heavy (non-hydrogen) atoms. The van der Waals surface area contributed by atoms with Crippen molar-refractivity contribution < 1.29 is 23.9 Å². The van der Waals surface area contributed by atoms with Gasteiger partial charge in [-0.05, 0) is 23.3 Å². The molecular formula is C26H23N3O5. The van der Waals surface area contributed by atoms with Gasteiger partial charge in [-0.3, -0.25) is 14.5 Å². The summed E-state index contributed by atoms with van der Waals surface area (Å²) >= 11 is 0. The van der Waals surface area contributed by atoms with Gasteiger partial charge in [-0.2, -0.15) is 0 Å². The molecule has 0 spiro atoms. The van der Waals surface area contributed by atoms with Crippen LogP contribution in [-0.2, 0) is 15.1 Å². The molecule has 4 amide bonds. The summed E-state index contributed by atoms with van der Waals surface area (Å²) in [5.41, 5.74) is 0.309. The molecule has 2 aliphatic rings. The molecule has 2 heterocycles. The lowest BCUT2D eigenvalue weighted by Crippen LogP contribution is -2.45. The Morgan fingerprint density at radius 3 is 2.15 bits per heavy atom. The molecular weight excluding hydrogens is 434 g/mol. The fourth-order valence-electron chi connectivity index (χ4n) is 4.24. The summed E-state index contributed by atoms with van der Waals surface area (Å²) in [6.07, 6.45) is 0.771. The van der Waals surface area contributed by atoms with E-state index < -0.39 is 29.9 Å². The molecule has 0 bridgehead atoms. The van der Waals surface area contributed by atoms with Crippen molar-refractivity contribution in [1.82, 2.24) is 10.2 Å². The Kier molecular flexibility index (Phi) is 5.63. The minimum absolute atomic E-state index is 0.430. The predicted molar refractivity (Wildman–Crippen MR) is 125 cm³/mol. The molecule has 1 saturated heterocycles. The van der Waals surface area contributed by atoms with Crippen molar-refractivity contribution in [3.8, 4) is 11.5 Å². The molecule has 2 aliphatic heterocycles. The number of benzene rings is 3. The quantitative estimate of drug-likeness (QED) is 0.573. The molecule has 172 valence electrons. The molecule has 0 aliphatic carbocycles. The highest BCUT2D eigenvalue weighted by Gasteiger charge is 2.54. The third-order valence-corrected chi connectivity index (χ3v) is 5.85. The maximum atomic E-state index is 13.7. The fourth-order valence-corrected chi connectivity index (χ4v) is 4.24. The maximum Gasteiger partial charge on any atom is 0.326 e. The Morgan fingerprint density at radius 2 is 1.50 bits per heavy atom. The predicted octanol–water partition coefficient (Wildman–Crippen LogP) is 3.28. The number of rotatable bonds is 5. The van der Waals surface area contributed by atoms with Crippen molar-refractivity contribution in [2.45, 2.75) is 12.0 Å². The van der Waals surface area contributed by atoms with Gasteiger partial charge in [0.15, 0.2) is 17.0 Å². The summed E-state index contributed by atoms with van der Waals surface area (Å²) < 4.78 is 11.3. The first kappa shape index (κ1) is 21.5. The molecule has 8 nitrogen and oxygen atoms in total. The number of anilines is 1. The number of fused-ring (bicyclic) bond motifs is 1. The third-order valence-electron chi connectivity index (χ3n) is 5.85. The van der Waals surface area contributed by atoms with Gasteiger partial charge in [0.25, 0.3) is 5.91 Å². The molecule has 2 N–H and O–H groups in total. The SMILES string of the molecule is O=C(CN1C(=O)NC(c2ccccc2)(c2ccccc2)C1=O)Nc1ccc2c(c1)OCCCO2. The van der Waals surface area contributed by atoms with Gasteiger partial charge in [0, 0.05) is 18.2 Å². The first-order valence-corrected chi connectivity index (χ1v) is 11.0. The van der Waals surface area contributed by atoms with Crippen LogP contribution in [0, 0.1) is 0 Å². The van der Waals surface area contributed by atoms with E-state index in [2.05, 4.69) is 10.6 Å². The average molecular weight is 457 g/mol. The first-order chi connectivity index (χ1) is 16.6. The number of ether oxygens (including phenoxy) is 2. The van der Waals surface area contributed by atoms with Gasteiger partial charge in [0.05, 0.1) is 13.2 Å². The molecule has 5 rings (SSSR count). The van der Waals surface area contributed by atoms with Gasteiger partial charge in [-0.25, -0.2) is 4.79 Å². The van der Waals surface area contributed by atoms with E-state index in [1.165, 1.54) is 0 Å². The first-order valence-electron chi connectivity index (χ1n) is 11.0. The van der Waals surface area contributed by atoms with Crippen LogP contribution in [0.3, 0.4) is 0 Å². The largest absolute Gasteiger partial charge is 0.490 e. The highest BCUT2D eigenvalue weighted by atomic mass is 16.5. The third kappa shape index (κ3) is 3.83. The molecule has 0 saturated carbocycles. The Balaban J connectivity index is 1.39. The minimum Gasteiger partial charge on any atom is -0.490 e. The molecule has 0 atom stereocenters. The zero-order valence-electron chi connectivity index (χ0n) is 18.3. The molecule has 0 aromatic heterocycles. The van der Waals surface area contributed by atoms with Crippen LogP contribution in [0.5, 0.6) is 11.5 Å². The number of imide groups is 1. The highest BCUT2D eigenvalue weighted by molar-refractivity contribution is 6.12. The Bertz CT molecular complexity index is 1190. The maximum absolute atomic E-state index is 13.7. The second-order valence-electron chi connectivity index (χ2n) is 8.06. The number of hydrogen-bond donors (Lipinski definition) is 2. The van der Waals surface area contributed by atoms with Crippen LogP contribution in [0.4, 0.5) is 10.5 Å². The van der Waals surface area contributed by atoms with E-state index in [1.807, 2.05) is 12.1 Å². The van der Waals surface area contributed by atoms with Gasteiger partial charge >= 0.3 is 6.03 Å². The normalized spacial score (nSPS) is 16.5. The van der Waals surface area contributed by atoms with Crippen molar-refractivity contribution >= 4 is 23.5 Å². The van der Waals surface area contributed by atoms with Crippen molar-refractivity contribution in [1.29, 1.82) is 0 Å². The zero-order valence-corrected chi connectivity index (χ0v) is 18.3. The van der Waals surface area contributed by atoms with E-state index in [1.54, 1.807) is 66.7 Å². The van der Waals surface area contributed by atoms with Crippen LogP contribution >= 0.6 is 0 Å². The van der Waals surface area contributed by atoms with Crippen LogP contribution in [0.15, 0.2) is 78.9 Å². The van der Waals surface area contributed by atoms with Crippen molar-refractivity contribution in [2.24, 2.45) is 0 Å². The van der Waals surface area contributed by atoms with Crippen molar-refractivity contribution in [3.63, 3.8) is 0 Å². The van der Waals surface area contributed by atoms with E-state index in [0.717, 1.165) is 11.3 Å². The second kappa shape index (κ2) is 8.90. The lowest BCUT2D eigenvalue weighted by atomic mass is 9.82. The number of nitrogens with zero attached hydrogens (tertiary/aromatic N) is 1. The van der Waals surface area contributed by atoms with Crippen LogP contribution < -0.4 is 20.1 Å². The number of amides is 4. The number of nitrogens with one attached hydrogen (secondary N) is 2. The number of urea groups is 1. The molecule has 0 radical (unpaired) electrons. The number of hydrogen-bond acceptors (Lipinski definition) is 5. The van der Waals surface area contributed by atoms with Crippen LogP contribution in [-0.4, -0.2) is 42.5 Å². The molecule has 1 fully saturated rings. The standard InChI is InChI=1S/C26H23N3O5/c30-23(27-20-12-13-21-22(16-20)34-15-7-14-33-21)17-29-24(31)26(28-25(29)32,18-8-3-1-4-9-18)19-10-5-2-6-11-19/h1-6,8-13,16H,7,14-15,17H2,(H,27,30)(H,28,32). The summed E-state index contributed by atoms with van der Waals surface area (Å²) in [6.45, 7) is 0.657. The van der Waals surface area contributed by atoms with Crippen LogP contribution in [0.2, 0.25) is 0 Å². The van der Waals surface area contributed by atoms with Gasteiger partial charge in [0.1, 0.15) is 6.54 Å². The van der Waals surface area contributed by atoms with Gasteiger partial charge in [-0.15, -0.1) is 0 Å². The summed E-state index contributed by atoms with van der Waals surface area (Å²) in [5.74, 6) is 0.135. The van der Waals surface area contributed by atoms with E-state index in [-0.39, 0.29) is 0 Å². The second-order valence-corrected chi connectivity index (χ2v) is 8.06. The van der Waals surface area contributed by atoms with Gasteiger partial charge in [-0.1, -0.05) is 60.7 Å². The Morgan fingerprint density at radius 1 is 0.882 bits per heavy atom. The summed E-state index contributed by atoms with van der Waals surface area (Å²) in [5, 5.41) is 5.58. The molecule has 3 aromatic carbocycles. The highest BCUT2D eigenvalue weighted by Crippen LogP contribution is 2.36. The van der Waals surface area contributed by atoms with E-state index in [9.17, 15) is 14.4 Å². The van der Waals surface area contributed by atoms with E-state index in [4.69, 9.17) is 9.47 Å². The molecule has 3 aromatic rings. The van der Waals surface area contributed by atoms with Gasteiger partial charge in [0.2, 0.25) is 5.91 Å². The monoisotopic (exact) mass is 457 g/mol. The van der Waals surface area contributed by atoms with Crippen molar-refractivity contribution in [2.75, 3.05) is 25.1 Å². The minimum atomic E-state index is -1.41. The van der Waals surface area contributed by atoms with E-state index in [0.29, 0.717) is 41.5 Å². The zero-order chi connectivity index (χ0) is 23.5. The number of carbonyl (C=O) groups excluding carboxylic acids is 3. The van der Waals surface area contributed by atoms with Crippen molar-refractivity contribution in [3.05, 3.63) is 90.0 Å². The van der Waals surface area contributed by atoms with Crippen LogP contribution in [0.25, 0.3) is 0 Å². The average Bonchev–Trinajstić information content (AvgIpc) is 3.00.